The monoisotopic (exact) mass is 1160 g/mol. The number of esters is 1. The van der Waals surface area contributed by atoms with Gasteiger partial charge in [-0.1, -0.05) is 54.6 Å². The van der Waals surface area contributed by atoms with Gasteiger partial charge in [-0.05, 0) is 117 Å². The van der Waals surface area contributed by atoms with Gasteiger partial charge in [0.1, 0.15) is 42.8 Å². The van der Waals surface area contributed by atoms with E-state index in [1.807, 2.05) is 0 Å². The fourth-order valence-corrected chi connectivity index (χ4v) is 11.4. The average molecular weight is 1160 g/mol. The highest BCUT2D eigenvalue weighted by atomic mass is 32.2. The van der Waals surface area contributed by atoms with Gasteiger partial charge in [-0.3, -0.25) is 29.0 Å². The maximum atomic E-state index is 13.8. The van der Waals surface area contributed by atoms with Gasteiger partial charge in [-0.15, -0.1) is 0 Å². The van der Waals surface area contributed by atoms with Crippen molar-refractivity contribution >= 4 is 61.6 Å². The predicted molar refractivity (Wildman–Crippen MR) is 286 cm³/mol. The number of aryl methyl sites for hydroxylation is 2. The topological polar surface area (TPSA) is 346 Å². The lowest BCUT2D eigenvalue weighted by Crippen LogP contribution is -2.65. The summed E-state index contributed by atoms with van der Waals surface area (Å²) in [5.74, 6) is -5.63. The van der Waals surface area contributed by atoms with Gasteiger partial charge in [0.25, 0.3) is 10.0 Å². The number of carboxylic acid groups (broad SMARTS) is 1. The third kappa shape index (κ3) is 17.6. The summed E-state index contributed by atoms with van der Waals surface area (Å²) in [7, 11) is -5.12. The van der Waals surface area contributed by atoms with Crippen LogP contribution >= 0.6 is 0 Å². The Morgan fingerprint density at radius 3 is 1.88 bits per heavy atom. The number of nitrogens with two attached hydrogens (primary N) is 2. The number of aliphatic carboxylic acids is 1. The lowest BCUT2D eigenvalue weighted by atomic mass is 10.0. The molecule has 1 saturated heterocycles. The van der Waals surface area contributed by atoms with Crippen molar-refractivity contribution in [3.63, 3.8) is 0 Å². The van der Waals surface area contributed by atoms with E-state index in [1.54, 1.807) is 108 Å². The fourth-order valence-electron chi connectivity index (χ4n) is 8.36. The van der Waals surface area contributed by atoms with Crippen LogP contribution in [0, 0.1) is 41.5 Å². The van der Waals surface area contributed by atoms with Crippen molar-refractivity contribution in [1.29, 1.82) is 0 Å². The average Bonchev–Trinajstić information content (AvgIpc) is 3.55. The van der Waals surface area contributed by atoms with E-state index in [0.29, 0.717) is 56.0 Å². The molecule has 3 atom stereocenters. The number of nitrogens with one attached hydrogen (secondary N) is 5. The van der Waals surface area contributed by atoms with Crippen LogP contribution in [0.1, 0.15) is 69.3 Å². The standard InChI is InChI=1S/C50H65N9O12S2.C2HF3O2/c1-29-21-41(69-7)31(3)33(5)45(29)72(65,66)55-25-35-16-18-36(19-17-35)27-59-40(48(63)57-39(24-51)49(59)64)23-43(60)56-38(47(62)54-26-44(61)71-28-37-13-10-9-11-14-37)15-12-20-53-50(52)58-73(67,68)46-30(2)22-42(70-8)32(4)34(46)6;3-2(4,5)1(6)7/h9-11,13-14,16-19,21-22,38-40,55H,12,15,20,23-28,51H2,1-8H3,(H,54,62)(H,56,60)(H,57,63)(H3,52,53,58);(H,6,7)/t38-,39+,40-;/m0./s1. The maximum absolute atomic E-state index is 13.8. The summed E-state index contributed by atoms with van der Waals surface area (Å²) in [5, 5.41) is 14.8. The molecule has 0 spiro atoms. The van der Waals surface area contributed by atoms with Gasteiger partial charge in [-0.2, -0.15) is 13.2 Å². The summed E-state index contributed by atoms with van der Waals surface area (Å²) in [5.41, 5.74) is 17.0. The number of carbonyl (C=O) groups is 6. The molecule has 0 aromatic heterocycles. The molecule has 23 nitrogen and oxygen atoms in total. The van der Waals surface area contributed by atoms with Crippen molar-refractivity contribution in [1.82, 2.24) is 30.3 Å². The molecule has 5 rings (SSSR count). The van der Waals surface area contributed by atoms with E-state index >= 15 is 0 Å². The number of sulfonamides is 2. The largest absolute Gasteiger partial charge is 0.496 e. The molecule has 0 aliphatic carbocycles. The second-order valence-electron chi connectivity index (χ2n) is 18.4. The number of alkyl halides is 3. The van der Waals surface area contributed by atoms with Gasteiger partial charge < -0.3 is 51.6 Å². The molecule has 28 heteroatoms. The minimum absolute atomic E-state index is 0.0128. The number of halogens is 3. The van der Waals surface area contributed by atoms with Crippen LogP contribution in [0.25, 0.3) is 0 Å². The number of nitrogens with zero attached hydrogens (tertiary/aromatic N) is 2. The molecule has 80 heavy (non-hydrogen) atoms. The van der Waals surface area contributed by atoms with Crippen molar-refractivity contribution in [2.24, 2.45) is 16.5 Å². The molecule has 4 amide bonds. The Labute approximate surface area is 461 Å². The van der Waals surface area contributed by atoms with Crippen molar-refractivity contribution in [2.45, 2.75) is 115 Å². The van der Waals surface area contributed by atoms with Crippen LogP contribution in [0.15, 0.2) is 81.5 Å². The van der Waals surface area contributed by atoms with Crippen LogP contribution in [0.2, 0.25) is 0 Å². The molecule has 10 N–H and O–H groups in total. The van der Waals surface area contributed by atoms with Crippen molar-refractivity contribution in [3.8, 4) is 11.5 Å². The van der Waals surface area contributed by atoms with Crippen LogP contribution < -0.4 is 46.3 Å². The minimum atomic E-state index is -5.08. The van der Waals surface area contributed by atoms with E-state index in [-0.39, 0.29) is 55.4 Å². The van der Waals surface area contributed by atoms with Crippen molar-refractivity contribution in [2.75, 3.05) is 33.9 Å². The van der Waals surface area contributed by atoms with E-state index in [4.69, 9.17) is 35.6 Å². The summed E-state index contributed by atoms with van der Waals surface area (Å²) in [6, 6.07) is 15.1. The van der Waals surface area contributed by atoms with Crippen molar-refractivity contribution in [3.05, 3.63) is 117 Å². The third-order valence-corrected chi connectivity index (χ3v) is 16.0. The normalized spacial score (nSPS) is 15.2. The van der Waals surface area contributed by atoms with Gasteiger partial charge >= 0.3 is 18.1 Å². The Morgan fingerprint density at radius 1 is 0.812 bits per heavy atom. The van der Waals surface area contributed by atoms with Crippen LogP contribution in [0.5, 0.6) is 11.5 Å². The van der Waals surface area contributed by atoms with Crippen LogP contribution in [0.3, 0.4) is 0 Å². The zero-order valence-corrected chi connectivity index (χ0v) is 46.8. The van der Waals surface area contributed by atoms with Gasteiger partial charge in [0.2, 0.25) is 39.6 Å². The van der Waals surface area contributed by atoms with Gasteiger partial charge in [0.15, 0.2) is 0 Å². The van der Waals surface area contributed by atoms with E-state index in [1.165, 1.54) is 19.1 Å². The second kappa shape index (κ2) is 28.4. The molecule has 0 saturated carbocycles. The summed E-state index contributed by atoms with van der Waals surface area (Å²) >= 11 is 0. The predicted octanol–water partition coefficient (Wildman–Crippen LogP) is 2.63. The highest BCUT2D eigenvalue weighted by Gasteiger charge is 2.42. The number of amides is 4. The number of benzene rings is 4. The Bertz CT molecular complexity index is 3180. The zero-order chi connectivity index (χ0) is 59.9. The lowest BCUT2D eigenvalue weighted by molar-refractivity contribution is -0.192. The first-order valence-electron chi connectivity index (χ1n) is 24.5. The highest BCUT2D eigenvalue weighted by molar-refractivity contribution is 7.90. The van der Waals surface area contributed by atoms with Gasteiger partial charge in [0, 0.05) is 26.2 Å². The number of piperazine rings is 1. The molecular formula is C52H66F3N9O14S2. The number of ether oxygens (including phenoxy) is 3. The smallest absolute Gasteiger partial charge is 0.490 e. The van der Waals surface area contributed by atoms with E-state index in [9.17, 15) is 54.0 Å². The molecule has 1 heterocycles. The van der Waals surface area contributed by atoms with E-state index in [0.717, 1.165) is 5.56 Å². The number of hydrogen-bond acceptors (Lipinski definition) is 15. The first-order chi connectivity index (χ1) is 37.4. The number of carbonyl (C=O) groups excluding carboxylic acids is 5. The zero-order valence-electron chi connectivity index (χ0n) is 45.2. The third-order valence-electron chi connectivity index (χ3n) is 12.7. The molecular weight excluding hydrogens is 1100 g/mol. The van der Waals surface area contributed by atoms with Gasteiger partial charge in [0.05, 0.1) is 30.4 Å². The number of guanidine groups is 1. The highest BCUT2D eigenvalue weighted by Crippen LogP contribution is 2.32. The maximum Gasteiger partial charge on any atom is 0.490 e. The Morgan fingerprint density at radius 2 is 1.35 bits per heavy atom. The summed E-state index contributed by atoms with van der Waals surface area (Å²) in [6.07, 6.45) is -5.69. The molecule has 0 bridgehead atoms. The van der Waals surface area contributed by atoms with Crippen LogP contribution in [0.4, 0.5) is 13.2 Å². The van der Waals surface area contributed by atoms with E-state index < -0.39 is 98.8 Å². The number of rotatable bonds is 23. The second-order valence-corrected chi connectivity index (χ2v) is 21.7. The van der Waals surface area contributed by atoms with Crippen LogP contribution in [-0.4, -0.2) is 127 Å². The quantitative estimate of drug-likeness (QED) is 0.0229. The number of hydrogen-bond donors (Lipinski definition) is 8. The van der Waals surface area contributed by atoms with Gasteiger partial charge in [-0.25, -0.2) is 31.1 Å². The number of aliphatic imine (C=N–C) groups is 1. The Kier molecular flexibility index (Phi) is 22.9. The van der Waals surface area contributed by atoms with Crippen LogP contribution in [-0.2, 0) is 73.2 Å². The molecule has 436 valence electrons. The Balaban J connectivity index is 0.00000184. The molecule has 1 aliphatic heterocycles. The molecule has 4 aromatic carbocycles. The summed E-state index contributed by atoms with van der Waals surface area (Å²) in [6.45, 7) is 9.08. The fraction of sp³-hybridized carbons (Fsp3) is 0.404. The van der Waals surface area contributed by atoms with Crippen molar-refractivity contribution < 1.29 is 78.1 Å². The molecule has 0 unspecified atom stereocenters. The number of carboxylic acids is 1. The summed E-state index contributed by atoms with van der Waals surface area (Å²) < 4.78 is 106. The Hall–Kier alpha value is -7.82. The molecule has 1 aliphatic rings. The SMILES string of the molecule is COc1cc(C)c(S(=O)(=O)NCc2ccc(CN3C(=O)[C@@H](CN)NC(=O)[C@@H]3CC(=O)N[C@@H](CCCN=C(N)NS(=O)(=O)c3c(C)cc(OC)c(C)c3C)C(=O)NCC(=O)OCc3ccccc3)cc2)c(C)c1C.O=C(O)C(F)(F)F. The first kappa shape index (κ1) is 64.7. The number of methoxy groups -OCH3 is 2. The molecule has 0 radical (unpaired) electrons. The van der Waals surface area contributed by atoms with E-state index in [2.05, 4.69) is 30.4 Å². The minimum Gasteiger partial charge on any atom is -0.496 e. The first-order valence-corrected chi connectivity index (χ1v) is 27.5. The molecule has 1 fully saturated rings. The lowest BCUT2D eigenvalue weighted by Gasteiger charge is -2.38. The molecule has 4 aromatic rings. The summed E-state index contributed by atoms with van der Waals surface area (Å²) in [4.78, 5) is 81.9.